The zero-order valence-corrected chi connectivity index (χ0v) is 10.2. The van der Waals surface area contributed by atoms with Gasteiger partial charge < -0.3 is 10.0 Å². The smallest absolute Gasteiger partial charge is 0.303 e. The van der Waals surface area contributed by atoms with Crippen molar-refractivity contribution >= 4 is 22.8 Å². The topological polar surface area (TPSA) is 66.3 Å². The molecule has 2 rings (SSSR count). The van der Waals surface area contributed by atoms with Gasteiger partial charge in [0.2, 0.25) is 5.95 Å². The molecule has 0 saturated heterocycles. The molecule has 18 heavy (non-hydrogen) atoms. The Kier molecular flexibility index (Phi) is 3.72. The number of fused-ring (bicyclic) bond motifs is 1. The first-order chi connectivity index (χ1) is 8.66. The van der Waals surface area contributed by atoms with Gasteiger partial charge in [-0.3, -0.25) is 4.79 Å². The fourth-order valence-corrected chi connectivity index (χ4v) is 1.71. The molecule has 0 aliphatic rings. The van der Waals surface area contributed by atoms with Crippen molar-refractivity contribution in [2.24, 2.45) is 0 Å². The van der Waals surface area contributed by atoms with Gasteiger partial charge in [-0.25, -0.2) is 9.97 Å². The number of aromatic nitrogens is 2. The van der Waals surface area contributed by atoms with E-state index in [1.165, 1.54) is 0 Å². The number of aliphatic carboxylic acids is 1. The number of carboxylic acids is 1. The van der Waals surface area contributed by atoms with Crippen LogP contribution in [0.5, 0.6) is 0 Å². The third-order valence-electron chi connectivity index (χ3n) is 2.70. The molecule has 2 aromatic rings. The molecule has 0 radical (unpaired) electrons. The van der Waals surface area contributed by atoms with Gasteiger partial charge in [-0.15, -0.1) is 0 Å². The lowest BCUT2D eigenvalue weighted by Gasteiger charge is -2.16. The van der Waals surface area contributed by atoms with E-state index in [-0.39, 0.29) is 6.42 Å². The average molecular weight is 245 g/mol. The van der Waals surface area contributed by atoms with E-state index >= 15 is 0 Å². The lowest BCUT2D eigenvalue weighted by atomic mass is 10.2. The number of hydrogen-bond donors (Lipinski definition) is 1. The van der Waals surface area contributed by atoms with Crippen molar-refractivity contribution in [3.63, 3.8) is 0 Å². The number of carboxylic acid groups (broad SMARTS) is 1. The van der Waals surface area contributed by atoms with Gasteiger partial charge in [0.1, 0.15) is 0 Å². The first-order valence-electron chi connectivity index (χ1n) is 5.81. The molecule has 0 spiro atoms. The van der Waals surface area contributed by atoms with Gasteiger partial charge >= 0.3 is 5.97 Å². The zero-order chi connectivity index (χ0) is 13.0. The molecule has 1 aromatic carbocycles. The van der Waals surface area contributed by atoms with Crippen LogP contribution in [0, 0.1) is 0 Å². The molecular weight excluding hydrogens is 230 g/mol. The Hall–Kier alpha value is -2.17. The Morgan fingerprint density at radius 2 is 2.17 bits per heavy atom. The summed E-state index contributed by atoms with van der Waals surface area (Å²) in [6.07, 6.45) is 2.53. The van der Waals surface area contributed by atoms with Crippen LogP contribution in [-0.4, -0.2) is 34.6 Å². The summed E-state index contributed by atoms with van der Waals surface area (Å²) < 4.78 is 0. The molecule has 0 atom stereocenters. The minimum Gasteiger partial charge on any atom is -0.481 e. The summed E-state index contributed by atoms with van der Waals surface area (Å²) in [7, 11) is 1.87. The highest BCUT2D eigenvalue weighted by molar-refractivity contribution is 5.78. The molecule has 0 unspecified atom stereocenters. The van der Waals surface area contributed by atoms with Crippen LogP contribution in [0.1, 0.15) is 12.8 Å². The number of rotatable bonds is 5. The molecule has 0 saturated carbocycles. The van der Waals surface area contributed by atoms with Gasteiger partial charge in [-0.05, 0) is 12.5 Å². The Morgan fingerprint density at radius 1 is 1.39 bits per heavy atom. The highest BCUT2D eigenvalue weighted by Crippen LogP contribution is 2.14. The van der Waals surface area contributed by atoms with Crippen LogP contribution in [0.2, 0.25) is 0 Å². The van der Waals surface area contributed by atoms with E-state index in [4.69, 9.17) is 5.11 Å². The highest BCUT2D eigenvalue weighted by Gasteiger charge is 2.06. The monoisotopic (exact) mass is 245 g/mol. The number of hydrogen-bond acceptors (Lipinski definition) is 4. The molecule has 0 fully saturated rings. The summed E-state index contributed by atoms with van der Waals surface area (Å²) in [5.41, 5.74) is 0.896. The maximum absolute atomic E-state index is 10.4. The third kappa shape index (κ3) is 2.94. The number of benzene rings is 1. The quantitative estimate of drug-likeness (QED) is 0.871. The largest absolute Gasteiger partial charge is 0.481 e. The summed E-state index contributed by atoms with van der Waals surface area (Å²) in [4.78, 5) is 21.0. The molecule has 5 heteroatoms. The van der Waals surface area contributed by atoms with E-state index < -0.39 is 5.97 Å². The lowest BCUT2D eigenvalue weighted by molar-refractivity contribution is -0.137. The maximum atomic E-state index is 10.4. The summed E-state index contributed by atoms with van der Waals surface area (Å²) >= 11 is 0. The van der Waals surface area contributed by atoms with Gasteiger partial charge in [0.25, 0.3) is 0 Å². The molecule has 94 valence electrons. The lowest BCUT2D eigenvalue weighted by Crippen LogP contribution is -2.21. The van der Waals surface area contributed by atoms with Crippen molar-refractivity contribution in [3.8, 4) is 0 Å². The van der Waals surface area contributed by atoms with Gasteiger partial charge in [0.15, 0.2) is 0 Å². The van der Waals surface area contributed by atoms with E-state index in [1.54, 1.807) is 6.20 Å². The Labute approximate surface area is 105 Å². The van der Waals surface area contributed by atoms with Crippen LogP contribution in [0.4, 0.5) is 5.95 Å². The Morgan fingerprint density at radius 3 is 2.94 bits per heavy atom. The molecule has 0 aliphatic carbocycles. The number of anilines is 1. The molecule has 5 nitrogen and oxygen atoms in total. The van der Waals surface area contributed by atoms with Gasteiger partial charge in [-0.1, -0.05) is 18.2 Å². The number of para-hydroxylation sites is 1. The second-order valence-electron chi connectivity index (χ2n) is 4.15. The predicted molar refractivity (Wildman–Crippen MR) is 69.7 cm³/mol. The maximum Gasteiger partial charge on any atom is 0.303 e. The van der Waals surface area contributed by atoms with Crippen LogP contribution in [0.3, 0.4) is 0 Å². The summed E-state index contributed by atoms with van der Waals surface area (Å²) in [5, 5.41) is 9.59. The van der Waals surface area contributed by atoms with E-state index in [2.05, 4.69) is 9.97 Å². The first-order valence-corrected chi connectivity index (χ1v) is 5.81. The van der Waals surface area contributed by atoms with Crippen molar-refractivity contribution in [1.82, 2.24) is 9.97 Å². The van der Waals surface area contributed by atoms with Crippen molar-refractivity contribution in [2.45, 2.75) is 12.8 Å². The summed E-state index contributed by atoms with van der Waals surface area (Å²) in [6, 6.07) is 7.78. The van der Waals surface area contributed by atoms with E-state index in [9.17, 15) is 4.79 Å². The predicted octanol–water partition coefficient (Wildman–Crippen LogP) is 1.93. The average Bonchev–Trinajstić information content (AvgIpc) is 2.37. The van der Waals surface area contributed by atoms with Gasteiger partial charge in [0, 0.05) is 31.6 Å². The molecular formula is C13H15N3O2. The van der Waals surface area contributed by atoms with Crippen molar-refractivity contribution in [2.75, 3.05) is 18.5 Å². The van der Waals surface area contributed by atoms with E-state index in [0.29, 0.717) is 18.9 Å². The highest BCUT2D eigenvalue weighted by atomic mass is 16.4. The van der Waals surface area contributed by atoms with Crippen LogP contribution in [-0.2, 0) is 4.79 Å². The van der Waals surface area contributed by atoms with E-state index in [1.807, 2.05) is 36.2 Å². The molecule has 0 aliphatic heterocycles. The van der Waals surface area contributed by atoms with Crippen molar-refractivity contribution in [1.29, 1.82) is 0 Å². The first kappa shape index (κ1) is 12.3. The molecule has 1 aromatic heterocycles. The van der Waals surface area contributed by atoms with Gasteiger partial charge in [0.05, 0.1) is 5.52 Å². The van der Waals surface area contributed by atoms with E-state index in [0.717, 1.165) is 10.9 Å². The fourth-order valence-electron chi connectivity index (χ4n) is 1.71. The minimum absolute atomic E-state index is 0.165. The molecule has 1 heterocycles. The Balaban J connectivity index is 2.08. The van der Waals surface area contributed by atoms with Crippen molar-refractivity contribution < 1.29 is 9.90 Å². The SMILES string of the molecule is CN(CCCC(=O)O)c1ncc2ccccc2n1. The molecule has 0 amide bonds. The summed E-state index contributed by atoms with van der Waals surface area (Å²) in [5.74, 6) is -0.151. The van der Waals surface area contributed by atoms with Crippen LogP contribution >= 0.6 is 0 Å². The molecule has 0 bridgehead atoms. The minimum atomic E-state index is -0.775. The second kappa shape index (κ2) is 5.44. The van der Waals surface area contributed by atoms with Crippen LogP contribution < -0.4 is 4.90 Å². The number of carbonyl (C=O) groups is 1. The van der Waals surface area contributed by atoms with Gasteiger partial charge in [-0.2, -0.15) is 0 Å². The molecule has 1 N–H and O–H groups in total. The Bertz CT molecular complexity index is 557. The van der Waals surface area contributed by atoms with Crippen LogP contribution in [0.25, 0.3) is 10.9 Å². The zero-order valence-electron chi connectivity index (χ0n) is 10.2. The third-order valence-corrected chi connectivity index (χ3v) is 2.70. The normalized spacial score (nSPS) is 10.5. The second-order valence-corrected chi connectivity index (χ2v) is 4.15. The summed E-state index contributed by atoms with van der Waals surface area (Å²) in [6.45, 7) is 0.630. The standard InChI is InChI=1S/C13H15N3O2/c1-16(8-4-7-12(17)18)13-14-9-10-5-2-3-6-11(10)15-13/h2-3,5-6,9H,4,7-8H2,1H3,(H,17,18). The van der Waals surface area contributed by atoms with Crippen molar-refractivity contribution in [3.05, 3.63) is 30.5 Å². The van der Waals surface area contributed by atoms with Crippen LogP contribution in [0.15, 0.2) is 30.5 Å². The fraction of sp³-hybridized carbons (Fsp3) is 0.308. The number of nitrogens with zero attached hydrogens (tertiary/aromatic N) is 3.